The Morgan fingerprint density at radius 2 is 1.55 bits per heavy atom. The van der Waals surface area contributed by atoms with E-state index >= 15 is 0 Å². The number of fused-ring (bicyclic) bond motifs is 1. The van der Waals surface area contributed by atoms with E-state index in [0.29, 0.717) is 19.6 Å². The van der Waals surface area contributed by atoms with Gasteiger partial charge in [-0.3, -0.25) is 18.8 Å². The Labute approximate surface area is 220 Å². The van der Waals surface area contributed by atoms with Crippen LogP contribution < -0.4 is 4.74 Å². The number of nitrogens with zero attached hydrogens (tertiary/aromatic N) is 2. The highest BCUT2D eigenvalue weighted by Crippen LogP contribution is 2.32. The van der Waals surface area contributed by atoms with Crippen molar-refractivity contribution in [1.29, 1.82) is 0 Å². The van der Waals surface area contributed by atoms with E-state index in [1.807, 2.05) is 13.8 Å². The number of ether oxygens (including phenoxy) is 1. The summed E-state index contributed by atoms with van der Waals surface area (Å²) in [7, 11) is -9.26. The van der Waals surface area contributed by atoms with Gasteiger partial charge in [0, 0.05) is 43.2 Å². The standard InChI is InChI=1S/C25H27FN2O8S2/c1-16-13-28(17(2)12-27(16)14-18-3-5-20(26)6-4-18)25(29)15-36-24-11-22(38(33,34)35)10-19-9-21(37(30,31)32)7-8-23(19)24/h3-11,16-17H,12-15H2,1-2H3,(H,30,31,32)(H,33,34,35)/t16-,17+/m1/s1. The molecule has 0 unspecified atom stereocenters. The quantitative estimate of drug-likeness (QED) is 0.413. The Morgan fingerprint density at radius 3 is 2.18 bits per heavy atom. The third-order valence-electron chi connectivity index (χ3n) is 6.54. The summed E-state index contributed by atoms with van der Waals surface area (Å²) in [5, 5.41) is 0.345. The molecule has 0 aromatic heterocycles. The van der Waals surface area contributed by atoms with E-state index in [-0.39, 0.29) is 40.3 Å². The molecule has 0 spiro atoms. The number of benzene rings is 3. The predicted octanol–water partition coefficient (Wildman–Crippen LogP) is 2.97. The van der Waals surface area contributed by atoms with Crippen molar-refractivity contribution in [2.45, 2.75) is 42.3 Å². The van der Waals surface area contributed by atoms with Crippen molar-refractivity contribution in [3.05, 3.63) is 66.0 Å². The number of hydrogen-bond acceptors (Lipinski definition) is 7. The van der Waals surface area contributed by atoms with Gasteiger partial charge in [-0.15, -0.1) is 0 Å². The molecule has 204 valence electrons. The molecule has 1 aliphatic rings. The normalized spacial score (nSPS) is 19.0. The van der Waals surface area contributed by atoms with Crippen molar-refractivity contribution in [2.75, 3.05) is 19.7 Å². The van der Waals surface area contributed by atoms with Crippen molar-refractivity contribution >= 4 is 36.9 Å². The molecule has 1 heterocycles. The fraction of sp³-hybridized carbons (Fsp3) is 0.320. The van der Waals surface area contributed by atoms with E-state index in [0.717, 1.165) is 29.8 Å². The van der Waals surface area contributed by atoms with Crippen LogP contribution in [0.1, 0.15) is 19.4 Å². The van der Waals surface area contributed by atoms with E-state index in [2.05, 4.69) is 4.90 Å². The minimum absolute atomic E-state index is 0.00254. The average Bonchev–Trinajstić information content (AvgIpc) is 2.84. The maximum atomic E-state index is 13.2. The SMILES string of the molecule is C[C@@H]1CN(C(=O)COc2cc(S(=O)(=O)O)cc3cc(S(=O)(=O)O)ccc23)[C@@H](C)CN1Cc1ccc(F)cc1. The summed E-state index contributed by atoms with van der Waals surface area (Å²) in [6.07, 6.45) is 0. The molecule has 1 saturated heterocycles. The van der Waals surface area contributed by atoms with Gasteiger partial charge >= 0.3 is 0 Å². The van der Waals surface area contributed by atoms with Crippen LogP contribution in [0.25, 0.3) is 10.8 Å². The van der Waals surface area contributed by atoms with Crippen molar-refractivity contribution in [3.8, 4) is 5.75 Å². The van der Waals surface area contributed by atoms with Gasteiger partial charge in [-0.2, -0.15) is 16.8 Å². The molecule has 13 heteroatoms. The molecular formula is C25H27FN2O8S2. The second kappa shape index (κ2) is 10.6. The second-order valence-corrected chi connectivity index (χ2v) is 12.2. The lowest BCUT2D eigenvalue weighted by Gasteiger charge is -2.44. The third-order valence-corrected chi connectivity index (χ3v) is 8.22. The first-order valence-corrected chi connectivity index (χ1v) is 14.5. The molecule has 10 nitrogen and oxygen atoms in total. The number of carbonyl (C=O) groups is 1. The van der Waals surface area contributed by atoms with Gasteiger partial charge in [-0.1, -0.05) is 12.1 Å². The van der Waals surface area contributed by atoms with E-state index < -0.39 is 36.6 Å². The fourth-order valence-electron chi connectivity index (χ4n) is 4.53. The Kier molecular flexibility index (Phi) is 7.77. The van der Waals surface area contributed by atoms with E-state index in [4.69, 9.17) is 4.74 Å². The van der Waals surface area contributed by atoms with Crippen molar-refractivity contribution in [1.82, 2.24) is 9.80 Å². The van der Waals surface area contributed by atoms with Crippen molar-refractivity contribution in [2.24, 2.45) is 0 Å². The van der Waals surface area contributed by atoms with Crippen LogP contribution in [-0.4, -0.2) is 73.4 Å². The molecule has 2 N–H and O–H groups in total. The van der Waals surface area contributed by atoms with Crippen molar-refractivity contribution < 1.29 is 39.9 Å². The number of rotatable bonds is 7. The summed E-state index contributed by atoms with van der Waals surface area (Å²) < 4.78 is 84.4. The van der Waals surface area contributed by atoms with Gasteiger partial charge in [0.05, 0.1) is 9.79 Å². The fourth-order valence-corrected chi connectivity index (χ4v) is 5.58. The number of piperazine rings is 1. The van der Waals surface area contributed by atoms with Gasteiger partial charge in [-0.05, 0) is 61.2 Å². The van der Waals surface area contributed by atoms with Crippen molar-refractivity contribution in [3.63, 3.8) is 0 Å². The van der Waals surface area contributed by atoms with Crippen LogP contribution in [0, 0.1) is 5.82 Å². The summed E-state index contributed by atoms with van der Waals surface area (Å²) in [5.41, 5.74) is 0.955. The van der Waals surface area contributed by atoms with Crippen LogP contribution in [0.4, 0.5) is 4.39 Å². The highest BCUT2D eigenvalue weighted by atomic mass is 32.2. The first kappa shape index (κ1) is 27.9. The summed E-state index contributed by atoms with van der Waals surface area (Å²) in [4.78, 5) is 15.9. The zero-order valence-electron chi connectivity index (χ0n) is 20.6. The van der Waals surface area contributed by atoms with Gasteiger partial charge < -0.3 is 9.64 Å². The minimum atomic E-state index is -4.69. The molecule has 0 bridgehead atoms. The number of hydrogen-bond donors (Lipinski definition) is 2. The van der Waals surface area contributed by atoms with E-state index in [1.165, 1.54) is 18.2 Å². The second-order valence-electron chi connectivity index (χ2n) is 9.34. The molecule has 3 aromatic carbocycles. The molecule has 1 aliphatic heterocycles. The monoisotopic (exact) mass is 566 g/mol. The Morgan fingerprint density at radius 1 is 0.921 bits per heavy atom. The van der Waals surface area contributed by atoms with Crippen LogP contribution in [0.5, 0.6) is 5.75 Å². The smallest absolute Gasteiger partial charge is 0.294 e. The Balaban J connectivity index is 1.51. The molecular weight excluding hydrogens is 539 g/mol. The molecule has 1 amide bonds. The van der Waals surface area contributed by atoms with Crippen LogP contribution in [0.3, 0.4) is 0 Å². The zero-order valence-corrected chi connectivity index (χ0v) is 22.2. The summed E-state index contributed by atoms with van der Waals surface area (Å²) >= 11 is 0. The zero-order chi connectivity index (χ0) is 27.8. The Bertz CT molecular complexity index is 1570. The maximum Gasteiger partial charge on any atom is 0.294 e. The topological polar surface area (TPSA) is 142 Å². The van der Waals surface area contributed by atoms with Crippen LogP contribution in [0.2, 0.25) is 0 Å². The molecule has 0 radical (unpaired) electrons. The summed E-state index contributed by atoms with van der Waals surface area (Å²) in [5.74, 6) is -0.703. The van der Waals surface area contributed by atoms with E-state index in [9.17, 15) is 35.1 Å². The third kappa shape index (κ3) is 6.30. The predicted molar refractivity (Wildman–Crippen MR) is 137 cm³/mol. The molecule has 38 heavy (non-hydrogen) atoms. The first-order chi connectivity index (χ1) is 17.7. The summed E-state index contributed by atoms with van der Waals surface area (Å²) in [6.45, 7) is 5.03. The lowest BCUT2D eigenvalue weighted by molar-refractivity contribution is -0.139. The van der Waals surface area contributed by atoms with Crippen LogP contribution >= 0.6 is 0 Å². The molecule has 1 fully saturated rings. The van der Waals surface area contributed by atoms with Gasteiger partial charge in [0.25, 0.3) is 26.1 Å². The van der Waals surface area contributed by atoms with Crippen LogP contribution in [0.15, 0.2) is 64.4 Å². The highest BCUT2D eigenvalue weighted by Gasteiger charge is 2.32. The first-order valence-electron chi connectivity index (χ1n) is 11.7. The summed E-state index contributed by atoms with van der Waals surface area (Å²) in [6, 6.07) is 11.7. The maximum absolute atomic E-state index is 13.2. The van der Waals surface area contributed by atoms with Gasteiger partial charge in [0.15, 0.2) is 6.61 Å². The average molecular weight is 567 g/mol. The number of amides is 1. The highest BCUT2D eigenvalue weighted by molar-refractivity contribution is 7.86. The van der Waals surface area contributed by atoms with Crippen LogP contribution in [-0.2, 0) is 31.6 Å². The lowest BCUT2D eigenvalue weighted by Crippen LogP contribution is -2.58. The van der Waals surface area contributed by atoms with Gasteiger partial charge in [0.2, 0.25) is 0 Å². The van der Waals surface area contributed by atoms with Gasteiger partial charge in [-0.25, -0.2) is 4.39 Å². The van der Waals surface area contributed by atoms with Gasteiger partial charge in [0.1, 0.15) is 11.6 Å². The molecule has 0 aliphatic carbocycles. The molecule has 3 aromatic rings. The minimum Gasteiger partial charge on any atom is -0.483 e. The molecule has 0 saturated carbocycles. The lowest BCUT2D eigenvalue weighted by atomic mass is 10.1. The number of halogens is 1. The van der Waals surface area contributed by atoms with E-state index in [1.54, 1.807) is 17.0 Å². The number of carbonyl (C=O) groups excluding carboxylic acids is 1. The largest absolute Gasteiger partial charge is 0.483 e. The Hall–Kier alpha value is -3.10. The molecule has 4 rings (SSSR count). The molecule has 2 atom stereocenters.